The highest BCUT2D eigenvalue weighted by Crippen LogP contribution is 2.02. The number of nitrogens with one attached hydrogen (secondary N) is 3. The van der Waals surface area contributed by atoms with Gasteiger partial charge in [0, 0.05) is 6.54 Å². The van der Waals surface area contributed by atoms with Gasteiger partial charge in [-0.2, -0.15) is 0 Å². The summed E-state index contributed by atoms with van der Waals surface area (Å²) < 4.78 is 0. The molecule has 13 nitrogen and oxygen atoms in total. The molecule has 13 heteroatoms. The Morgan fingerprint density at radius 1 is 1.00 bits per heavy atom. The minimum atomic E-state index is -1.33. The molecule has 0 fully saturated rings. The summed E-state index contributed by atoms with van der Waals surface area (Å²) in [6, 6.07) is 5.54. The lowest BCUT2D eigenvalue weighted by Gasteiger charge is -2.19. The molecular weight excluding hydrogens is 434 g/mol. The van der Waals surface area contributed by atoms with Crippen molar-refractivity contribution in [2.24, 2.45) is 22.2 Å². The normalized spacial score (nSPS) is 13.2. The van der Waals surface area contributed by atoms with Gasteiger partial charge in [0.05, 0.1) is 19.2 Å². The van der Waals surface area contributed by atoms with Crippen molar-refractivity contribution in [2.45, 2.75) is 37.4 Å². The number of carboxylic acids is 1. The van der Waals surface area contributed by atoms with Crippen molar-refractivity contribution in [3.8, 4) is 0 Å². The molecule has 1 aromatic carbocycles. The Morgan fingerprint density at radius 2 is 1.67 bits per heavy atom. The molecule has 182 valence electrons. The lowest BCUT2D eigenvalue weighted by molar-refractivity contribution is -0.142. The zero-order valence-electron chi connectivity index (χ0n) is 18.1. The van der Waals surface area contributed by atoms with Crippen LogP contribution in [0, 0.1) is 0 Å². The van der Waals surface area contributed by atoms with Crippen LogP contribution in [0.3, 0.4) is 0 Å². The number of nitrogens with zero attached hydrogens (tertiary/aromatic N) is 1. The molecule has 0 aliphatic carbocycles. The Balaban J connectivity index is 2.49. The number of guanidine groups is 1. The lowest BCUT2D eigenvalue weighted by atomic mass is 10.1. The maximum absolute atomic E-state index is 12.3. The van der Waals surface area contributed by atoms with Gasteiger partial charge in [0.1, 0.15) is 12.1 Å². The summed E-state index contributed by atoms with van der Waals surface area (Å²) in [6.45, 7) is -1.08. The van der Waals surface area contributed by atoms with Crippen LogP contribution in [-0.2, 0) is 25.6 Å². The van der Waals surface area contributed by atoms with Crippen molar-refractivity contribution < 1.29 is 29.4 Å². The zero-order valence-corrected chi connectivity index (χ0v) is 18.1. The van der Waals surface area contributed by atoms with Crippen molar-refractivity contribution in [1.82, 2.24) is 16.0 Å². The highest BCUT2D eigenvalue weighted by molar-refractivity contribution is 5.92. The first-order valence-corrected chi connectivity index (χ1v) is 10.2. The van der Waals surface area contributed by atoms with Gasteiger partial charge in [-0.15, -0.1) is 0 Å². The second-order valence-corrected chi connectivity index (χ2v) is 7.16. The predicted molar refractivity (Wildman–Crippen MR) is 120 cm³/mol. The number of carbonyl (C=O) groups excluding carboxylic acids is 3. The van der Waals surface area contributed by atoms with Gasteiger partial charge >= 0.3 is 5.97 Å². The van der Waals surface area contributed by atoms with Crippen LogP contribution in [0.15, 0.2) is 35.3 Å². The van der Waals surface area contributed by atoms with Crippen LogP contribution in [0.1, 0.15) is 18.4 Å². The molecule has 0 saturated heterocycles. The number of carbonyl (C=O) groups is 4. The van der Waals surface area contributed by atoms with E-state index < -0.39 is 55.0 Å². The average Bonchev–Trinajstić information content (AvgIpc) is 2.77. The van der Waals surface area contributed by atoms with Crippen LogP contribution in [0.4, 0.5) is 0 Å². The second kappa shape index (κ2) is 14.4. The molecule has 0 aromatic heterocycles. The first-order valence-electron chi connectivity index (χ1n) is 10.2. The van der Waals surface area contributed by atoms with E-state index in [0.29, 0.717) is 6.42 Å². The Bertz CT molecular complexity index is 829. The van der Waals surface area contributed by atoms with E-state index in [9.17, 15) is 29.4 Å². The number of amides is 3. The highest BCUT2D eigenvalue weighted by atomic mass is 16.4. The van der Waals surface area contributed by atoms with Gasteiger partial charge in [-0.05, 0) is 24.8 Å². The molecule has 0 aliphatic heterocycles. The SMILES string of the molecule is NC(N)=NCCCC(NC(=O)CNC(=O)C(CO)NC(=O)C(N)Cc1ccccc1)C(=O)O. The molecular formula is C20H31N7O6. The number of carboxylic acid groups (broad SMARTS) is 1. The number of aliphatic hydroxyl groups excluding tert-OH is 1. The monoisotopic (exact) mass is 465 g/mol. The molecule has 0 bridgehead atoms. The molecule has 3 atom stereocenters. The molecule has 11 N–H and O–H groups in total. The summed E-state index contributed by atoms with van der Waals surface area (Å²) in [5, 5.41) is 25.5. The van der Waals surface area contributed by atoms with Crippen LogP contribution < -0.4 is 33.2 Å². The number of hydrogen-bond donors (Lipinski definition) is 8. The highest BCUT2D eigenvalue weighted by Gasteiger charge is 2.24. The van der Waals surface area contributed by atoms with E-state index in [4.69, 9.17) is 17.2 Å². The van der Waals surface area contributed by atoms with E-state index in [-0.39, 0.29) is 25.3 Å². The Kier molecular flexibility index (Phi) is 11.9. The van der Waals surface area contributed by atoms with Gasteiger partial charge in [-0.3, -0.25) is 19.4 Å². The summed E-state index contributed by atoms with van der Waals surface area (Å²) in [5.74, 6) is -3.62. The number of aliphatic carboxylic acids is 1. The summed E-state index contributed by atoms with van der Waals surface area (Å²) in [6.07, 6.45) is 0.610. The molecule has 3 unspecified atom stereocenters. The van der Waals surface area contributed by atoms with Crippen LogP contribution in [0.2, 0.25) is 0 Å². The van der Waals surface area contributed by atoms with Gasteiger partial charge < -0.3 is 43.4 Å². The third kappa shape index (κ3) is 10.9. The Hall–Kier alpha value is -3.71. The molecule has 33 heavy (non-hydrogen) atoms. The third-order valence-electron chi connectivity index (χ3n) is 4.45. The standard InChI is InChI=1S/C20H31N7O6/c21-13(9-12-5-2-1-3-6-12)17(30)27-15(11-28)18(31)25-10-16(29)26-14(19(32)33)7-4-8-24-20(22)23/h1-3,5-6,13-15,28H,4,7-11,21H2,(H,25,31)(H,26,29)(H,27,30)(H,32,33)(H4,22,23,24). The smallest absolute Gasteiger partial charge is 0.326 e. The fourth-order valence-electron chi connectivity index (χ4n) is 2.73. The number of aliphatic imine (C=N–C) groups is 1. The van der Waals surface area contributed by atoms with E-state index in [2.05, 4.69) is 20.9 Å². The fourth-order valence-corrected chi connectivity index (χ4v) is 2.73. The largest absolute Gasteiger partial charge is 0.480 e. The van der Waals surface area contributed by atoms with Crippen LogP contribution in [-0.4, -0.2) is 77.7 Å². The molecule has 0 heterocycles. The summed E-state index contributed by atoms with van der Waals surface area (Å²) >= 11 is 0. The molecule has 3 amide bonds. The second-order valence-electron chi connectivity index (χ2n) is 7.16. The Labute approximate surface area is 190 Å². The van der Waals surface area contributed by atoms with Crippen molar-refractivity contribution in [1.29, 1.82) is 0 Å². The molecule has 0 spiro atoms. The summed E-state index contributed by atoms with van der Waals surface area (Å²) in [5.41, 5.74) is 17.1. The van der Waals surface area contributed by atoms with Crippen molar-refractivity contribution in [3.63, 3.8) is 0 Å². The van der Waals surface area contributed by atoms with Gasteiger partial charge in [-0.25, -0.2) is 4.79 Å². The van der Waals surface area contributed by atoms with Gasteiger partial charge in [-0.1, -0.05) is 30.3 Å². The van der Waals surface area contributed by atoms with E-state index in [1.165, 1.54) is 0 Å². The topological polar surface area (TPSA) is 235 Å². The number of rotatable bonds is 14. The van der Waals surface area contributed by atoms with Crippen LogP contribution >= 0.6 is 0 Å². The lowest BCUT2D eigenvalue weighted by Crippen LogP contribution is -2.55. The van der Waals surface area contributed by atoms with Crippen molar-refractivity contribution in [2.75, 3.05) is 19.7 Å². The fraction of sp³-hybridized carbons (Fsp3) is 0.450. The maximum atomic E-state index is 12.3. The average molecular weight is 466 g/mol. The number of nitrogens with two attached hydrogens (primary N) is 3. The van der Waals surface area contributed by atoms with Gasteiger partial charge in [0.15, 0.2) is 5.96 Å². The zero-order chi connectivity index (χ0) is 24.8. The summed E-state index contributed by atoms with van der Waals surface area (Å²) in [4.78, 5) is 51.5. The minimum absolute atomic E-state index is 0.0699. The van der Waals surface area contributed by atoms with E-state index >= 15 is 0 Å². The number of hydrogen-bond acceptors (Lipinski definition) is 7. The third-order valence-corrected chi connectivity index (χ3v) is 4.45. The number of aliphatic hydroxyl groups is 1. The van der Waals surface area contributed by atoms with Crippen molar-refractivity contribution >= 4 is 29.7 Å². The van der Waals surface area contributed by atoms with E-state index in [0.717, 1.165) is 5.56 Å². The van der Waals surface area contributed by atoms with Gasteiger partial charge in [0.2, 0.25) is 17.7 Å². The minimum Gasteiger partial charge on any atom is -0.480 e. The summed E-state index contributed by atoms with van der Waals surface area (Å²) in [7, 11) is 0. The molecule has 0 aliphatic rings. The quantitative estimate of drug-likeness (QED) is 0.0782. The number of benzene rings is 1. The first-order chi connectivity index (χ1) is 15.6. The van der Waals surface area contributed by atoms with Crippen LogP contribution in [0.25, 0.3) is 0 Å². The van der Waals surface area contributed by atoms with Gasteiger partial charge in [0.25, 0.3) is 0 Å². The van der Waals surface area contributed by atoms with E-state index in [1.807, 2.05) is 6.07 Å². The van der Waals surface area contributed by atoms with Crippen LogP contribution in [0.5, 0.6) is 0 Å². The molecule has 0 saturated carbocycles. The van der Waals surface area contributed by atoms with Crippen molar-refractivity contribution in [3.05, 3.63) is 35.9 Å². The van der Waals surface area contributed by atoms with E-state index in [1.54, 1.807) is 24.3 Å². The molecule has 0 radical (unpaired) electrons. The Morgan fingerprint density at radius 3 is 2.24 bits per heavy atom. The predicted octanol–water partition coefficient (Wildman–Crippen LogP) is -3.23. The maximum Gasteiger partial charge on any atom is 0.326 e. The first kappa shape index (κ1) is 27.3. The molecule has 1 aromatic rings. The molecule has 1 rings (SSSR count).